The lowest BCUT2D eigenvalue weighted by molar-refractivity contribution is -0.238. The van der Waals surface area contributed by atoms with Gasteiger partial charge in [0.15, 0.2) is 23.0 Å². The average Bonchev–Trinajstić information content (AvgIpc) is 3.36. The van der Waals surface area contributed by atoms with Crippen LogP contribution in [0.1, 0.15) is 50.5 Å². The first-order valence-electron chi connectivity index (χ1n) is 12.7. The van der Waals surface area contributed by atoms with E-state index in [0.29, 0.717) is 55.8 Å². The Morgan fingerprint density at radius 1 is 1.32 bits per heavy atom. The van der Waals surface area contributed by atoms with Crippen LogP contribution in [0.4, 0.5) is 14.3 Å². The van der Waals surface area contributed by atoms with E-state index in [1.54, 1.807) is 17.2 Å². The van der Waals surface area contributed by atoms with Crippen molar-refractivity contribution in [3.05, 3.63) is 40.7 Å². The van der Waals surface area contributed by atoms with Crippen molar-refractivity contribution in [1.82, 2.24) is 9.88 Å². The van der Waals surface area contributed by atoms with Crippen molar-refractivity contribution in [2.24, 2.45) is 5.41 Å². The summed E-state index contributed by atoms with van der Waals surface area (Å²) in [5, 5.41) is 9.92. The highest BCUT2D eigenvalue weighted by molar-refractivity contribution is 7.16. The maximum atomic E-state index is 14.3. The van der Waals surface area contributed by atoms with E-state index in [1.165, 1.54) is 24.5 Å². The van der Waals surface area contributed by atoms with E-state index in [2.05, 4.69) is 11.1 Å². The lowest BCUT2D eigenvalue weighted by atomic mass is 9.79. The molecule has 3 heterocycles. The molecule has 9 nitrogen and oxygen atoms in total. The van der Waals surface area contributed by atoms with Crippen LogP contribution >= 0.6 is 11.3 Å². The monoisotopic (exact) mass is 546 g/mol. The average molecular weight is 547 g/mol. The van der Waals surface area contributed by atoms with Crippen molar-refractivity contribution in [1.29, 1.82) is 5.26 Å². The SMILES string of the molecule is COc1ccc(CN(CCC2OCC3(CCN(C(=O)OC(C)(C)C)CC3)CO2)c2ncc(C#N)s2)cc1F. The highest BCUT2D eigenvalue weighted by Gasteiger charge is 2.41. The first-order valence-corrected chi connectivity index (χ1v) is 13.6. The zero-order valence-electron chi connectivity index (χ0n) is 22.4. The minimum atomic E-state index is -0.513. The summed E-state index contributed by atoms with van der Waals surface area (Å²) < 4.78 is 37.1. The summed E-state index contributed by atoms with van der Waals surface area (Å²) in [4.78, 5) is 21.1. The van der Waals surface area contributed by atoms with Gasteiger partial charge in [-0.15, -0.1) is 0 Å². The van der Waals surface area contributed by atoms with Crippen LogP contribution in [-0.4, -0.2) is 67.8 Å². The number of carbonyl (C=O) groups excluding carboxylic acids is 1. The van der Waals surface area contributed by atoms with Gasteiger partial charge in [0.25, 0.3) is 0 Å². The number of carbonyl (C=O) groups is 1. The normalized spacial score (nSPS) is 17.7. The van der Waals surface area contributed by atoms with Crippen molar-refractivity contribution >= 4 is 22.6 Å². The molecule has 38 heavy (non-hydrogen) atoms. The molecule has 0 aliphatic carbocycles. The first-order chi connectivity index (χ1) is 18.1. The second-order valence-electron chi connectivity index (χ2n) is 10.8. The van der Waals surface area contributed by atoms with Gasteiger partial charge in [0.05, 0.1) is 26.5 Å². The molecule has 2 aromatic rings. The number of aromatic nitrogens is 1. The van der Waals surface area contributed by atoms with Crippen LogP contribution in [0.25, 0.3) is 0 Å². The summed E-state index contributed by atoms with van der Waals surface area (Å²) in [6, 6.07) is 6.99. The molecule has 1 aromatic carbocycles. The lowest BCUT2D eigenvalue weighted by Crippen LogP contribution is -2.51. The summed E-state index contributed by atoms with van der Waals surface area (Å²) in [6.45, 7) is 8.94. The van der Waals surface area contributed by atoms with E-state index in [4.69, 9.17) is 18.9 Å². The van der Waals surface area contributed by atoms with Crippen LogP contribution in [-0.2, 0) is 20.8 Å². The number of anilines is 1. The Balaban J connectivity index is 1.31. The summed E-state index contributed by atoms with van der Waals surface area (Å²) in [6.07, 6.45) is 3.06. The van der Waals surface area contributed by atoms with Crippen LogP contribution < -0.4 is 9.64 Å². The molecule has 2 fully saturated rings. The molecule has 1 amide bonds. The predicted octanol–water partition coefficient (Wildman–Crippen LogP) is 4.95. The number of amides is 1. The third-order valence-corrected chi connectivity index (χ3v) is 7.69. The lowest BCUT2D eigenvalue weighted by Gasteiger charge is -2.45. The van der Waals surface area contributed by atoms with Gasteiger partial charge in [-0.1, -0.05) is 17.4 Å². The van der Waals surface area contributed by atoms with Gasteiger partial charge >= 0.3 is 6.09 Å². The van der Waals surface area contributed by atoms with Gasteiger partial charge in [0, 0.05) is 38.0 Å². The van der Waals surface area contributed by atoms with Gasteiger partial charge in [-0.05, 0) is 51.3 Å². The van der Waals surface area contributed by atoms with Gasteiger partial charge in [-0.3, -0.25) is 0 Å². The Kier molecular flexibility index (Phi) is 8.75. The molecule has 0 unspecified atom stereocenters. The molecule has 4 rings (SSSR count). The zero-order valence-corrected chi connectivity index (χ0v) is 23.2. The smallest absolute Gasteiger partial charge is 0.410 e. The van der Waals surface area contributed by atoms with E-state index >= 15 is 0 Å². The van der Waals surface area contributed by atoms with E-state index in [9.17, 15) is 14.4 Å². The van der Waals surface area contributed by atoms with E-state index in [0.717, 1.165) is 18.4 Å². The summed E-state index contributed by atoms with van der Waals surface area (Å²) in [5.74, 6) is -0.236. The van der Waals surface area contributed by atoms with E-state index in [-0.39, 0.29) is 23.5 Å². The molecule has 0 radical (unpaired) electrons. The molecule has 0 atom stereocenters. The van der Waals surface area contributed by atoms with Crippen LogP contribution in [0.5, 0.6) is 5.75 Å². The number of nitrogens with zero attached hydrogens (tertiary/aromatic N) is 4. The molecule has 2 aliphatic rings. The third-order valence-electron chi connectivity index (χ3n) is 6.73. The largest absolute Gasteiger partial charge is 0.494 e. The molecule has 0 bridgehead atoms. The molecule has 206 valence electrons. The number of likely N-dealkylation sites (tertiary alicyclic amines) is 1. The second-order valence-corrected chi connectivity index (χ2v) is 11.8. The van der Waals surface area contributed by atoms with E-state index in [1.807, 2.05) is 31.7 Å². The van der Waals surface area contributed by atoms with Crippen LogP contribution in [0.2, 0.25) is 0 Å². The molecular weight excluding hydrogens is 511 g/mol. The fourth-order valence-electron chi connectivity index (χ4n) is 4.57. The molecule has 1 aromatic heterocycles. The number of methoxy groups -OCH3 is 1. The predicted molar refractivity (Wildman–Crippen MR) is 141 cm³/mol. The molecular formula is C27H35FN4O5S. The highest BCUT2D eigenvalue weighted by Crippen LogP contribution is 2.37. The fourth-order valence-corrected chi connectivity index (χ4v) is 5.31. The molecule has 2 aliphatic heterocycles. The Morgan fingerprint density at radius 3 is 2.61 bits per heavy atom. The van der Waals surface area contributed by atoms with Crippen LogP contribution in [0.3, 0.4) is 0 Å². The summed E-state index contributed by atoms with van der Waals surface area (Å²) in [5.41, 5.74) is 0.144. The zero-order chi connectivity index (χ0) is 27.3. The minimum Gasteiger partial charge on any atom is -0.494 e. The van der Waals surface area contributed by atoms with Crippen LogP contribution in [0, 0.1) is 22.6 Å². The highest BCUT2D eigenvalue weighted by atomic mass is 32.1. The number of halogens is 1. The molecule has 1 spiro atoms. The Labute approximate surface area is 227 Å². The third kappa shape index (κ3) is 7.12. The fraction of sp³-hybridized carbons (Fsp3) is 0.593. The van der Waals surface area contributed by atoms with Crippen molar-refractivity contribution in [3.8, 4) is 11.8 Å². The topological polar surface area (TPSA) is 97.2 Å². The Bertz CT molecular complexity index is 1140. The minimum absolute atomic E-state index is 0.105. The standard InChI is InChI=1S/C27H35FN4O5S/c1-26(2,3)37-25(33)31-11-8-27(9-12-31)17-35-23(36-18-27)7-10-32(24-30-15-20(14-29)38-24)16-19-5-6-22(34-4)21(28)13-19/h5-6,13,15,23H,7-12,16-18H2,1-4H3. The van der Waals surface area contributed by atoms with Crippen molar-refractivity contribution in [2.45, 2.75) is 58.5 Å². The summed E-state index contributed by atoms with van der Waals surface area (Å²) >= 11 is 1.29. The number of thiazole rings is 1. The number of ether oxygens (including phenoxy) is 4. The van der Waals surface area contributed by atoms with Gasteiger partial charge in [-0.25, -0.2) is 14.2 Å². The number of hydrogen-bond acceptors (Lipinski definition) is 9. The molecule has 11 heteroatoms. The number of piperidine rings is 1. The van der Waals surface area contributed by atoms with Gasteiger partial charge < -0.3 is 28.7 Å². The number of benzene rings is 1. The van der Waals surface area contributed by atoms with Gasteiger partial charge in [0.2, 0.25) is 0 Å². The maximum Gasteiger partial charge on any atom is 0.410 e. The molecule has 0 saturated carbocycles. The quantitative estimate of drug-likeness (QED) is 0.481. The van der Waals surface area contributed by atoms with Gasteiger partial charge in [-0.2, -0.15) is 5.26 Å². The number of rotatable bonds is 7. The number of nitriles is 1. The van der Waals surface area contributed by atoms with Crippen LogP contribution in [0.15, 0.2) is 24.4 Å². The summed E-state index contributed by atoms with van der Waals surface area (Å²) in [7, 11) is 1.43. The number of hydrogen-bond donors (Lipinski definition) is 0. The Hall–Kier alpha value is -2.94. The van der Waals surface area contributed by atoms with E-state index < -0.39 is 11.4 Å². The maximum absolute atomic E-state index is 14.3. The van der Waals surface area contributed by atoms with Crippen molar-refractivity contribution < 1.29 is 28.1 Å². The first kappa shape index (κ1) is 28.1. The molecule has 0 N–H and O–H groups in total. The Morgan fingerprint density at radius 2 is 2.03 bits per heavy atom. The van der Waals surface area contributed by atoms with Crippen molar-refractivity contribution in [2.75, 3.05) is 44.9 Å². The van der Waals surface area contributed by atoms with Crippen molar-refractivity contribution in [3.63, 3.8) is 0 Å². The van der Waals surface area contributed by atoms with Gasteiger partial charge in [0.1, 0.15) is 16.5 Å². The molecule has 2 saturated heterocycles. The second kappa shape index (κ2) is 11.8.